The van der Waals surface area contributed by atoms with Crippen molar-refractivity contribution in [1.82, 2.24) is 9.88 Å². The maximum absolute atomic E-state index is 13.7. The second-order valence-electron chi connectivity index (χ2n) is 6.92. The number of benzene rings is 1. The van der Waals surface area contributed by atoms with Gasteiger partial charge >= 0.3 is 0 Å². The van der Waals surface area contributed by atoms with Gasteiger partial charge in [0.2, 0.25) is 11.8 Å². The van der Waals surface area contributed by atoms with Gasteiger partial charge in [-0.15, -0.1) is 0 Å². The number of carbonyl (C=O) groups excluding carboxylic acids is 2. The first-order chi connectivity index (χ1) is 13.0. The Labute approximate surface area is 158 Å². The summed E-state index contributed by atoms with van der Waals surface area (Å²) in [6.45, 7) is 2.91. The van der Waals surface area contributed by atoms with Gasteiger partial charge in [0.1, 0.15) is 11.6 Å². The van der Waals surface area contributed by atoms with Crippen molar-refractivity contribution in [1.29, 1.82) is 0 Å². The quantitative estimate of drug-likeness (QED) is 0.879. The zero-order chi connectivity index (χ0) is 19.2. The number of likely N-dealkylation sites (tertiary alicyclic amines) is 1. The Balaban J connectivity index is 1.54. The van der Waals surface area contributed by atoms with Gasteiger partial charge in [-0.1, -0.05) is 24.3 Å². The van der Waals surface area contributed by atoms with Crippen molar-refractivity contribution in [3.05, 3.63) is 59.5 Å². The van der Waals surface area contributed by atoms with E-state index in [1.54, 1.807) is 29.2 Å². The van der Waals surface area contributed by atoms with Gasteiger partial charge in [-0.05, 0) is 49.9 Å². The molecule has 3 rings (SSSR count). The third kappa shape index (κ3) is 5.12. The van der Waals surface area contributed by atoms with Crippen LogP contribution in [0.25, 0.3) is 0 Å². The molecule has 5 nitrogen and oxygen atoms in total. The zero-order valence-electron chi connectivity index (χ0n) is 15.5. The van der Waals surface area contributed by atoms with Crippen molar-refractivity contribution in [2.24, 2.45) is 5.92 Å². The summed E-state index contributed by atoms with van der Waals surface area (Å²) in [4.78, 5) is 31.1. The van der Waals surface area contributed by atoms with E-state index in [4.69, 9.17) is 0 Å². The molecule has 1 aromatic heterocycles. The normalized spacial score (nSPS) is 16.8. The van der Waals surface area contributed by atoms with E-state index in [-0.39, 0.29) is 30.0 Å². The number of anilines is 1. The first kappa shape index (κ1) is 19.0. The molecule has 1 unspecified atom stereocenters. The number of pyridine rings is 1. The lowest BCUT2D eigenvalue weighted by Crippen LogP contribution is -2.43. The molecule has 1 atom stereocenters. The fourth-order valence-corrected chi connectivity index (χ4v) is 3.36. The lowest BCUT2D eigenvalue weighted by atomic mass is 9.96. The molecule has 0 aliphatic carbocycles. The number of aromatic nitrogens is 1. The van der Waals surface area contributed by atoms with Crippen LogP contribution in [-0.4, -0.2) is 34.8 Å². The second-order valence-corrected chi connectivity index (χ2v) is 6.92. The molecule has 0 bridgehead atoms. The van der Waals surface area contributed by atoms with Crippen LogP contribution < -0.4 is 5.32 Å². The van der Waals surface area contributed by atoms with Crippen LogP contribution in [0.15, 0.2) is 42.5 Å². The number of nitrogens with zero attached hydrogens (tertiary/aromatic N) is 2. The van der Waals surface area contributed by atoms with Gasteiger partial charge < -0.3 is 10.2 Å². The second kappa shape index (κ2) is 8.75. The van der Waals surface area contributed by atoms with Crippen LogP contribution in [0.1, 0.15) is 30.5 Å². The maximum atomic E-state index is 13.7. The van der Waals surface area contributed by atoms with Gasteiger partial charge in [-0.3, -0.25) is 9.59 Å². The molecule has 2 amide bonds. The SMILES string of the molecule is Cc1cccc(NC(=O)C2CCCN(C(=O)CCc3ccccc3F)C2)n1. The van der Waals surface area contributed by atoms with E-state index in [2.05, 4.69) is 10.3 Å². The fraction of sp³-hybridized carbons (Fsp3) is 0.381. The molecule has 27 heavy (non-hydrogen) atoms. The molecule has 1 aliphatic heterocycles. The maximum Gasteiger partial charge on any atom is 0.230 e. The third-order valence-electron chi connectivity index (χ3n) is 4.85. The van der Waals surface area contributed by atoms with Crippen molar-refractivity contribution >= 4 is 17.6 Å². The molecule has 1 aromatic carbocycles. The fourth-order valence-electron chi connectivity index (χ4n) is 3.36. The highest BCUT2D eigenvalue weighted by molar-refractivity contribution is 5.92. The third-order valence-corrected chi connectivity index (χ3v) is 4.85. The number of piperidine rings is 1. The highest BCUT2D eigenvalue weighted by atomic mass is 19.1. The van der Waals surface area contributed by atoms with Crippen LogP contribution in [0.5, 0.6) is 0 Å². The van der Waals surface area contributed by atoms with E-state index in [0.717, 1.165) is 18.5 Å². The summed E-state index contributed by atoms with van der Waals surface area (Å²) >= 11 is 0. The van der Waals surface area contributed by atoms with Crippen LogP contribution in [0, 0.1) is 18.7 Å². The van der Waals surface area contributed by atoms with Gasteiger partial charge in [-0.25, -0.2) is 9.37 Å². The lowest BCUT2D eigenvalue weighted by Gasteiger charge is -2.32. The van der Waals surface area contributed by atoms with Gasteiger partial charge in [0, 0.05) is 25.2 Å². The van der Waals surface area contributed by atoms with E-state index in [9.17, 15) is 14.0 Å². The smallest absolute Gasteiger partial charge is 0.230 e. The molecule has 0 spiro atoms. The Kier molecular flexibility index (Phi) is 6.16. The first-order valence-corrected chi connectivity index (χ1v) is 9.28. The van der Waals surface area contributed by atoms with Crippen LogP contribution in [-0.2, 0) is 16.0 Å². The number of nitrogens with one attached hydrogen (secondary N) is 1. The monoisotopic (exact) mass is 369 g/mol. The van der Waals surface area contributed by atoms with Crippen LogP contribution in [0.2, 0.25) is 0 Å². The Morgan fingerprint density at radius 3 is 2.81 bits per heavy atom. The van der Waals surface area contributed by atoms with Crippen molar-refractivity contribution < 1.29 is 14.0 Å². The molecule has 1 aliphatic rings. The number of hydrogen-bond acceptors (Lipinski definition) is 3. The van der Waals surface area contributed by atoms with Crippen LogP contribution >= 0.6 is 0 Å². The molecule has 1 N–H and O–H groups in total. The van der Waals surface area contributed by atoms with Crippen molar-refractivity contribution in [2.45, 2.75) is 32.6 Å². The minimum absolute atomic E-state index is 0.0376. The lowest BCUT2D eigenvalue weighted by molar-refractivity contribution is -0.134. The molecule has 142 valence electrons. The topological polar surface area (TPSA) is 62.3 Å². The number of carbonyl (C=O) groups is 2. The molecule has 2 aromatic rings. The minimum Gasteiger partial charge on any atom is -0.342 e. The average Bonchev–Trinajstić information content (AvgIpc) is 2.67. The molecule has 0 radical (unpaired) electrons. The highest BCUT2D eigenvalue weighted by Gasteiger charge is 2.28. The summed E-state index contributed by atoms with van der Waals surface area (Å²) in [7, 11) is 0. The van der Waals surface area contributed by atoms with Crippen LogP contribution in [0.4, 0.5) is 10.2 Å². The molecule has 6 heteroatoms. The Morgan fingerprint density at radius 1 is 1.22 bits per heavy atom. The van der Waals surface area contributed by atoms with Gasteiger partial charge in [-0.2, -0.15) is 0 Å². The van der Waals surface area contributed by atoms with E-state index in [1.807, 2.05) is 19.1 Å². The average molecular weight is 369 g/mol. The molecule has 2 heterocycles. The summed E-state index contributed by atoms with van der Waals surface area (Å²) in [6, 6.07) is 12.0. The van der Waals surface area contributed by atoms with Gasteiger partial charge in [0.05, 0.1) is 5.92 Å². The Morgan fingerprint density at radius 2 is 2.04 bits per heavy atom. The van der Waals surface area contributed by atoms with E-state index >= 15 is 0 Å². The first-order valence-electron chi connectivity index (χ1n) is 9.28. The summed E-state index contributed by atoms with van der Waals surface area (Å²) in [6.07, 6.45) is 2.14. The molecule has 1 saturated heterocycles. The van der Waals surface area contributed by atoms with E-state index in [0.29, 0.717) is 30.9 Å². The highest BCUT2D eigenvalue weighted by Crippen LogP contribution is 2.20. The van der Waals surface area contributed by atoms with Gasteiger partial charge in [0.25, 0.3) is 0 Å². The summed E-state index contributed by atoms with van der Waals surface area (Å²) in [5, 5.41) is 2.84. The summed E-state index contributed by atoms with van der Waals surface area (Å²) < 4.78 is 13.7. The van der Waals surface area contributed by atoms with E-state index in [1.165, 1.54) is 6.07 Å². The standard InChI is InChI=1S/C21H24FN3O2/c1-15-6-4-10-19(23-15)24-21(27)17-8-5-13-25(14-17)20(26)12-11-16-7-2-3-9-18(16)22/h2-4,6-7,9-10,17H,5,8,11-14H2,1H3,(H,23,24,27). The van der Waals surface area contributed by atoms with Crippen molar-refractivity contribution in [3.8, 4) is 0 Å². The number of aryl methyl sites for hydroxylation is 2. The largest absolute Gasteiger partial charge is 0.342 e. The predicted molar refractivity (Wildman–Crippen MR) is 102 cm³/mol. The van der Waals surface area contributed by atoms with Gasteiger partial charge in [0.15, 0.2) is 0 Å². The molecular weight excluding hydrogens is 345 g/mol. The number of halogens is 1. The molecule has 0 saturated carbocycles. The minimum atomic E-state index is -0.285. The molecule has 1 fully saturated rings. The Bertz CT molecular complexity index is 825. The number of hydrogen-bond donors (Lipinski definition) is 1. The zero-order valence-corrected chi connectivity index (χ0v) is 15.5. The molecular formula is C21H24FN3O2. The number of rotatable bonds is 5. The van der Waals surface area contributed by atoms with E-state index < -0.39 is 0 Å². The summed E-state index contributed by atoms with van der Waals surface area (Å²) in [5.74, 6) is -0.155. The summed E-state index contributed by atoms with van der Waals surface area (Å²) in [5.41, 5.74) is 1.38. The van der Waals surface area contributed by atoms with Crippen LogP contribution in [0.3, 0.4) is 0 Å². The predicted octanol–water partition coefficient (Wildman–Crippen LogP) is 3.34. The Hall–Kier alpha value is -2.76. The van der Waals surface area contributed by atoms with Crippen molar-refractivity contribution in [3.63, 3.8) is 0 Å². The van der Waals surface area contributed by atoms with Crippen molar-refractivity contribution in [2.75, 3.05) is 18.4 Å². The number of amides is 2.